The molecule has 0 aromatic heterocycles. The van der Waals surface area contributed by atoms with Crippen LogP contribution in [-0.2, 0) is 9.47 Å². The van der Waals surface area contributed by atoms with Crippen molar-refractivity contribution in [3.05, 3.63) is 0 Å². The summed E-state index contributed by atoms with van der Waals surface area (Å²) in [6.45, 7) is 19.8. The summed E-state index contributed by atoms with van der Waals surface area (Å²) in [5, 5.41) is 54.9. The molecule has 6 N–H and O–H groups in total. The van der Waals surface area contributed by atoms with Crippen LogP contribution in [0.25, 0.3) is 0 Å². The maximum absolute atomic E-state index is 12.9. The standard InChI is InChI=1S/C28H55NO8/c1-25(2,3)15-27(7,8)21(32)13-19(31)17(14-36-20-12-11-18(30)22(33)23(20)34)29-24(35)37-28(9,10)16-26(4,5)6/h17-23,30-34H,11-16H2,1-10H3,(H,29,35). The lowest BCUT2D eigenvalue weighted by Crippen LogP contribution is -2.54. The van der Waals surface area contributed by atoms with Crippen LogP contribution in [0.15, 0.2) is 0 Å². The molecule has 9 nitrogen and oxygen atoms in total. The van der Waals surface area contributed by atoms with Gasteiger partial charge in [-0.15, -0.1) is 0 Å². The van der Waals surface area contributed by atoms with Crippen molar-refractivity contribution in [3.8, 4) is 0 Å². The van der Waals surface area contributed by atoms with E-state index in [0.29, 0.717) is 12.8 Å². The van der Waals surface area contributed by atoms with Crippen LogP contribution in [0.1, 0.15) is 101 Å². The molecule has 7 unspecified atom stereocenters. The summed E-state index contributed by atoms with van der Waals surface area (Å²) in [5.74, 6) is 0. The molecular weight excluding hydrogens is 478 g/mol. The van der Waals surface area contributed by atoms with E-state index in [-0.39, 0.29) is 30.3 Å². The molecule has 9 heteroatoms. The Bertz CT molecular complexity index is 712. The lowest BCUT2D eigenvalue weighted by molar-refractivity contribution is -0.157. The fourth-order valence-electron chi connectivity index (χ4n) is 5.72. The topological polar surface area (TPSA) is 149 Å². The summed E-state index contributed by atoms with van der Waals surface area (Å²) in [6.07, 6.45) is -5.26. The van der Waals surface area contributed by atoms with Gasteiger partial charge < -0.3 is 40.3 Å². The largest absolute Gasteiger partial charge is 0.444 e. The summed E-state index contributed by atoms with van der Waals surface area (Å²) in [5.41, 5.74) is -1.34. The number of amides is 1. The highest BCUT2D eigenvalue weighted by molar-refractivity contribution is 5.68. The Labute approximate surface area is 223 Å². The van der Waals surface area contributed by atoms with E-state index in [1.165, 1.54) is 0 Å². The molecule has 0 aliphatic heterocycles. The lowest BCUT2D eigenvalue weighted by Gasteiger charge is -2.39. The molecule has 220 valence electrons. The van der Waals surface area contributed by atoms with E-state index in [2.05, 4.69) is 46.9 Å². The fourth-order valence-corrected chi connectivity index (χ4v) is 5.72. The third-order valence-electron chi connectivity index (χ3n) is 6.81. The molecule has 0 saturated heterocycles. The van der Waals surface area contributed by atoms with Gasteiger partial charge in [0.25, 0.3) is 0 Å². The number of carbonyl (C=O) groups excluding carboxylic acids is 1. The normalized spacial score (nSPS) is 26.4. The molecule has 0 radical (unpaired) electrons. The van der Waals surface area contributed by atoms with E-state index in [4.69, 9.17) is 9.47 Å². The van der Waals surface area contributed by atoms with Crippen molar-refractivity contribution < 1.29 is 39.8 Å². The van der Waals surface area contributed by atoms with Gasteiger partial charge in [0.15, 0.2) is 0 Å². The fraction of sp³-hybridized carbons (Fsp3) is 0.964. The molecule has 0 aromatic carbocycles. The third-order valence-corrected chi connectivity index (χ3v) is 6.81. The second-order valence-corrected chi connectivity index (χ2v) is 14.7. The minimum Gasteiger partial charge on any atom is -0.444 e. The van der Waals surface area contributed by atoms with E-state index >= 15 is 0 Å². The number of hydrogen-bond donors (Lipinski definition) is 6. The van der Waals surface area contributed by atoms with Crippen molar-refractivity contribution in [3.63, 3.8) is 0 Å². The summed E-state index contributed by atoms with van der Waals surface area (Å²) in [6, 6.07) is -0.936. The number of carbonyl (C=O) groups is 1. The Morgan fingerprint density at radius 2 is 1.41 bits per heavy atom. The zero-order valence-corrected chi connectivity index (χ0v) is 24.7. The predicted octanol–water partition coefficient (Wildman–Crippen LogP) is 3.13. The summed E-state index contributed by atoms with van der Waals surface area (Å²) in [7, 11) is 0. The second-order valence-electron chi connectivity index (χ2n) is 14.7. The van der Waals surface area contributed by atoms with Crippen LogP contribution in [0.5, 0.6) is 0 Å². The van der Waals surface area contributed by atoms with Gasteiger partial charge in [0.05, 0.1) is 37.1 Å². The second kappa shape index (κ2) is 12.9. The SMILES string of the molecule is CC(C)(C)CC(C)(C)OC(=O)NC(COC1CCC(O)C(O)C1O)C(O)CC(O)C(C)(C)CC(C)(C)C. The third kappa shape index (κ3) is 12.2. The Balaban J connectivity index is 2.98. The van der Waals surface area contributed by atoms with E-state index in [9.17, 15) is 30.3 Å². The Hall–Kier alpha value is -0.970. The van der Waals surface area contributed by atoms with Crippen molar-refractivity contribution in [2.24, 2.45) is 16.2 Å². The van der Waals surface area contributed by atoms with Gasteiger partial charge in [-0.3, -0.25) is 0 Å². The van der Waals surface area contributed by atoms with Crippen molar-refractivity contribution in [2.45, 2.75) is 150 Å². The molecule has 1 saturated carbocycles. The quantitative estimate of drug-likeness (QED) is 0.237. The number of alkyl carbamates (subject to hydrolysis) is 1. The minimum absolute atomic E-state index is 0.00265. The van der Waals surface area contributed by atoms with Crippen LogP contribution in [-0.4, -0.2) is 86.5 Å². The molecule has 1 aliphatic carbocycles. The number of rotatable bonds is 11. The molecule has 1 rings (SSSR count). The Kier molecular flexibility index (Phi) is 11.9. The summed E-state index contributed by atoms with van der Waals surface area (Å²) >= 11 is 0. The van der Waals surface area contributed by atoms with Crippen LogP contribution in [0.4, 0.5) is 4.79 Å². The molecule has 1 aliphatic rings. The van der Waals surface area contributed by atoms with E-state index in [1.54, 1.807) is 0 Å². The molecular formula is C28H55NO8. The molecule has 0 heterocycles. The van der Waals surface area contributed by atoms with Crippen LogP contribution >= 0.6 is 0 Å². The maximum Gasteiger partial charge on any atom is 0.408 e. The van der Waals surface area contributed by atoms with Gasteiger partial charge in [-0.1, -0.05) is 55.4 Å². The Morgan fingerprint density at radius 3 is 1.92 bits per heavy atom. The number of hydrogen-bond acceptors (Lipinski definition) is 8. The molecule has 0 spiro atoms. The highest BCUT2D eigenvalue weighted by atomic mass is 16.6. The van der Waals surface area contributed by atoms with Crippen LogP contribution in [0, 0.1) is 16.2 Å². The Morgan fingerprint density at radius 1 is 0.865 bits per heavy atom. The molecule has 0 bridgehead atoms. The number of aliphatic hydroxyl groups is 5. The highest BCUT2D eigenvalue weighted by Gasteiger charge is 2.40. The molecule has 0 aromatic rings. The van der Waals surface area contributed by atoms with E-state index in [0.717, 1.165) is 6.42 Å². The first kappa shape index (κ1) is 34.1. The zero-order chi connectivity index (χ0) is 29.0. The van der Waals surface area contributed by atoms with Crippen molar-refractivity contribution in [2.75, 3.05) is 6.61 Å². The monoisotopic (exact) mass is 533 g/mol. The highest BCUT2D eigenvalue weighted by Crippen LogP contribution is 2.37. The van der Waals surface area contributed by atoms with Gasteiger partial charge in [-0.05, 0) is 55.8 Å². The maximum atomic E-state index is 12.9. The van der Waals surface area contributed by atoms with Gasteiger partial charge in [0.2, 0.25) is 0 Å². The summed E-state index contributed by atoms with van der Waals surface area (Å²) < 4.78 is 11.5. The average molecular weight is 534 g/mol. The lowest BCUT2D eigenvalue weighted by atomic mass is 9.71. The van der Waals surface area contributed by atoms with Crippen LogP contribution in [0.3, 0.4) is 0 Å². The minimum atomic E-state index is -1.33. The number of ether oxygens (including phenoxy) is 2. The first-order valence-electron chi connectivity index (χ1n) is 13.5. The first-order chi connectivity index (χ1) is 16.5. The average Bonchev–Trinajstić information content (AvgIpc) is 2.66. The van der Waals surface area contributed by atoms with Crippen molar-refractivity contribution in [1.82, 2.24) is 5.32 Å². The van der Waals surface area contributed by atoms with E-state index < -0.39 is 59.8 Å². The molecule has 1 amide bonds. The summed E-state index contributed by atoms with van der Waals surface area (Å²) in [4.78, 5) is 12.9. The number of nitrogens with one attached hydrogen (secondary N) is 1. The zero-order valence-electron chi connectivity index (χ0n) is 24.7. The molecule has 7 atom stereocenters. The van der Waals surface area contributed by atoms with Crippen LogP contribution in [0.2, 0.25) is 0 Å². The van der Waals surface area contributed by atoms with Gasteiger partial charge in [0, 0.05) is 6.42 Å². The van der Waals surface area contributed by atoms with Crippen molar-refractivity contribution >= 4 is 6.09 Å². The molecule has 1 fully saturated rings. The van der Waals surface area contributed by atoms with Gasteiger partial charge in [-0.25, -0.2) is 4.79 Å². The van der Waals surface area contributed by atoms with Gasteiger partial charge in [0.1, 0.15) is 17.8 Å². The smallest absolute Gasteiger partial charge is 0.408 e. The van der Waals surface area contributed by atoms with Crippen molar-refractivity contribution in [1.29, 1.82) is 0 Å². The van der Waals surface area contributed by atoms with E-state index in [1.807, 2.05) is 27.7 Å². The molecule has 37 heavy (non-hydrogen) atoms. The van der Waals surface area contributed by atoms with Gasteiger partial charge in [-0.2, -0.15) is 0 Å². The number of aliphatic hydroxyl groups excluding tert-OH is 5. The van der Waals surface area contributed by atoms with Gasteiger partial charge >= 0.3 is 6.09 Å². The predicted molar refractivity (Wildman–Crippen MR) is 143 cm³/mol. The first-order valence-corrected chi connectivity index (χ1v) is 13.5. The van der Waals surface area contributed by atoms with Crippen LogP contribution < -0.4 is 5.32 Å².